The molecule has 1 aromatic carbocycles. The van der Waals surface area contributed by atoms with Crippen molar-refractivity contribution in [3.63, 3.8) is 0 Å². The zero-order valence-electron chi connectivity index (χ0n) is 9.38. The third-order valence-electron chi connectivity index (χ3n) is 2.29. The largest absolute Gasteiger partial charge is 0.396 e. The molecule has 17 heavy (non-hydrogen) atoms. The van der Waals surface area contributed by atoms with Gasteiger partial charge in [-0.25, -0.2) is 0 Å². The van der Waals surface area contributed by atoms with E-state index in [4.69, 9.17) is 28.3 Å². The molecular formula is C12H15Cl2NO2. The molecule has 0 saturated carbocycles. The van der Waals surface area contributed by atoms with Crippen molar-refractivity contribution in [1.29, 1.82) is 0 Å². The summed E-state index contributed by atoms with van der Waals surface area (Å²) >= 11 is 11.7. The van der Waals surface area contributed by atoms with E-state index in [0.717, 1.165) is 19.3 Å². The molecule has 0 spiro atoms. The fourth-order valence-electron chi connectivity index (χ4n) is 1.38. The summed E-state index contributed by atoms with van der Waals surface area (Å²) < 4.78 is 0. The van der Waals surface area contributed by atoms with E-state index in [1.807, 2.05) is 0 Å². The monoisotopic (exact) mass is 275 g/mol. The molecule has 0 aliphatic rings. The summed E-state index contributed by atoms with van der Waals surface area (Å²) in [5, 5.41) is 12.2. The number of nitrogens with one attached hydrogen (secondary N) is 1. The molecule has 0 saturated heterocycles. The van der Waals surface area contributed by atoms with Crippen LogP contribution in [0.2, 0.25) is 10.0 Å². The van der Waals surface area contributed by atoms with Crippen molar-refractivity contribution in [2.75, 3.05) is 13.2 Å². The fraction of sp³-hybridized carbons (Fsp3) is 0.417. The molecule has 5 heteroatoms. The maximum absolute atomic E-state index is 11.7. The molecule has 0 bridgehead atoms. The number of benzene rings is 1. The minimum absolute atomic E-state index is 0.189. The van der Waals surface area contributed by atoms with E-state index in [-0.39, 0.29) is 12.5 Å². The van der Waals surface area contributed by atoms with Gasteiger partial charge >= 0.3 is 0 Å². The molecule has 0 atom stereocenters. The van der Waals surface area contributed by atoms with E-state index in [2.05, 4.69) is 5.32 Å². The highest BCUT2D eigenvalue weighted by atomic mass is 35.5. The van der Waals surface area contributed by atoms with Gasteiger partial charge in [0.2, 0.25) is 0 Å². The van der Waals surface area contributed by atoms with Gasteiger partial charge in [-0.15, -0.1) is 0 Å². The molecule has 0 aromatic heterocycles. The van der Waals surface area contributed by atoms with Crippen LogP contribution in [0.5, 0.6) is 0 Å². The van der Waals surface area contributed by atoms with Crippen LogP contribution in [-0.2, 0) is 0 Å². The number of aliphatic hydroxyl groups excluding tert-OH is 1. The number of halogens is 2. The van der Waals surface area contributed by atoms with Crippen molar-refractivity contribution in [1.82, 2.24) is 5.32 Å². The molecule has 1 rings (SSSR count). The Hall–Kier alpha value is -0.770. The summed E-state index contributed by atoms with van der Waals surface area (Å²) in [5.41, 5.74) is 0.390. The normalized spacial score (nSPS) is 10.3. The summed E-state index contributed by atoms with van der Waals surface area (Å²) in [4.78, 5) is 11.7. The van der Waals surface area contributed by atoms with Gasteiger partial charge in [-0.3, -0.25) is 4.79 Å². The lowest BCUT2D eigenvalue weighted by Gasteiger charge is -2.06. The molecule has 0 fully saturated rings. The Bertz CT molecular complexity index is 383. The van der Waals surface area contributed by atoms with Crippen LogP contribution in [0.1, 0.15) is 29.6 Å². The lowest BCUT2D eigenvalue weighted by atomic mass is 10.2. The second-order valence-electron chi connectivity index (χ2n) is 3.66. The second kappa shape index (κ2) is 7.54. The zero-order valence-corrected chi connectivity index (χ0v) is 10.9. The number of hydrogen-bond donors (Lipinski definition) is 2. The Morgan fingerprint density at radius 1 is 1.24 bits per heavy atom. The Morgan fingerprint density at radius 2 is 2.00 bits per heavy atom. The molecule has 0 heterocycles. The van der Waals surface area contributed by atoms with Crippen LogP contribution in [-0.4, -0.2) is 24.2 Å². The van der Waals surface area contributed by atoms with Crippen LogP contribution < -0.4 is 5.32 Å². The number of rotatable bonds is 6. The van der Waals surface area contributed by atoms with Gasteiger partial charge in [0.05, 0.1) is 10.6 Å². The van der Waals surface area contributed by atoms with Gasteiger partial charge in [-0.1, -0.05) is 23.2 Å². The lowest BCUT2D eigenvalue weighted by Crippen LogP contribution is -2.24. The quantitative estimate of drug-likeness (QED) is 0.785. The van der Waals surface area contributed by atoms with Crippen molar-refractivity contribution < 1.29 is 9.90 Å². The maximum atomic E-state index is 11.7. The SMILES string of the molecule is O=C(NCCCCCO)c1cc(Cl)ccc1Cl. The number of unbranched alkanes of at least 4 members (excludes halogenated alkanes) is 2. The Balaban J connectivity index is 2.44. The van der Waals surface area contributed by atoms with Crippen molar-refractivity contribution in [2.45, 2.75) is 19.3 Å². The molecule has 0 radical (unpaired) electrons. The van der Waals surface area contributed by atoms with Crippen molar-refractivity contribution in [3.05, 3.63) is 33.8 Å². The molecule has 2 N–H and O–H groups in total. The van der Waals surface area contributed by atoms with Crippen LogP contribution in [0.3, 0.4) is 0 Å². The van der Waals surface area contributed by atoms with Crippen LogP contribution in [0, 0.1) is 0 Å². The van der Waals surface area contributed by atoms with Gasteiger partial charge in [-0.2, -0.15) is 0 Å². The lowest BCUT2D eigenvalue weighted by molar-refractivity contribution is 0.0953. The van der Waals surface area contributed by atoms with Gasteiger partial charge in [0.1, 0.15) is 0 Å². The third kappa shape index (κ3) is 4.94. The third-order valence-corrected chi connectivity index (χ3v) is 2.86. The Kier molecular flexibility index (Phi) is 6.34. The molecular weight excluding hydrogens is 261 g/mol. The van der Waals surface area contributed by atoms with Crippen molar-refractivity contribution in [2.24, 2.45) is 0 Å². The molecule has 1 aromatic rings. The van der Waals surface area contributed by atoms with Gasteiger partial charge in [-0.05, 0) is 37.5 Å². The number of amides is 1. The second-order valence-corrected chi connectivity index (χ2v) is 4.51. The number of hydrogen-bond acceptors (Lipinski definition) is 2. The van der Waals surface area contributed by atoms with E-state index in [1.54, 1.807) is 18.2 Å². The maximum Gasteiger partial charge on any atom is 0.252 e. The topological polar surface area (TPSA) is 49.3 Å². The molecule has 1 amide bonds. The number of carbonyl (C=O) groups excluding carboxylic acids is 1. The van der Waals surface area contributed by atoms with Crippen LogP contribution in [0.25, 0.3) is 0 Å². The van der Waals surface area contributed by atoms with E-state index in [0.29, 0.717) is 22.2 Å². The Morgan fingerprint density at radius 3 is 2.71 bits per heavy atom. The van der Waals surface area contributed by atoms with Gasteiger partial charge in [0.25, 0.3) is 5.91 Å². The van der Waals surface area contributed by atoms with Crippen LogP contribution >= 0.6 is 23.2 Å². The summed E-state index contributed by atoms with van der Waals surface area (Å²) in [6.07, 6.45) is 2.48. The van der Waals surface area contributed by atoms with E-state index < -0.39 is 0 Å². The van der Waals surface area contributed by atoms with Crippen molar-refractivity contribution >= 4 is 29.1 Å². The van der Waals surface area contributed by atoms with Crippen molar-refractivity contribution in [3.8, 4) is 0 Å². The minimum Gasteiger partial charge on any atom is -0.396 e. The zero-order chi connectivity index (χ0) is 12.7. The smallest absolute Gasteiger partial charge is 0.252 e. The Labute approximate surface area is 111 Å². The average molecular weight is 276 g/mol. The van der Waals surface area contributed by atoms with Crippen LogP contribution in [0.15, 0.2) is 18.2 Å². The molecule has 94 valence electrons. The highest BCUT2D eigenvalue weighted by Gasteiger charge is 2.09. The molecule has 3 nitrogen and oxygen atoms in total. The first-order valence-electron chi connectivity index (χ1n) is 5.49. The molecule has 0 aliphatic carbocycles. The highest BCUT2D eigenvalue weighted by molar-refractivity contribution is 6.35. The van der Waals surface area contributed by atoms with Crippen LogP contribution in [0.4, 0.5) is 0 Å². The number of carbonyl (C=O) groups is 1. The number of aliphatic hydroxyl groups is 1. The summed E-state index contributed by atoms with van der Waals surface area (Å²) in [6.45, 7) is 0.760. The predicted molar refractivity (Wildman–Crippen MR) is 69.7 cm³/mol. The molecule has 0 unspecified atom stereocenters. The standard InChI is InChI=1S/C12H15Cl2NO2/c13-9-4-5-11(14)10(8-9)12(17)15-6-2-1-3-7-16/h4-5,8,16H,1-3,6-7H2,(H,15,17). The predicted octanol–water partition coefficient (Wildman–Crippen LogP) is 2.89. The van der Waals surface area contributed by atoms with Gasteiger partial charge < -0.3 is 10.4 Å². The summed E-state index contributed by atoms with van der Waals surface area (Å²) in [7, 11) is 0. The van der Waals surface area contributed by atoms with E-state index >= 15 is 0 Å². The summed E-state index contributed by atoms with van der Waals surface area (Å²) in [5.74, 6) is -0.221. The van der Waals surface area contributed by atoms with E-state index in [9.17, 15) is 4.79 Å². The van der Waals surface area contributed by atoms with E-state index in [1.165, 1.54) is 0 Å². The van der Waals surface area contributed by atoms with Gasteiger partial charge in [0.15, 0.2) is 0 Å². The first-order valence-corrected chi connectivity index (χ1v) is 6.25. The summed E-state index contributed by atoms with van der Waals surface area (Å²) in [6, 6.07) is 4.79. The highest BCUT2D eigenvalue weighted by Crippen LogP contribution is 2.20. The molecule has 0 aliphatic heterocycles. The minimum atomic E-state index is -0.221. The average Bonchev–Trinajstić information content (AvgIpc) is 2.32. The van der Waals surface area contributed by atoms with Gasteiger partial charge in [0, 0.05) is 18.2 Å². The fourth-order valence-corrected chi connectivity index (χ4v) is 1.76. The first kappa shape index (κ1) is 14.3. The first-order chi connectivity index (χ1) is 8.15.